The van der Waals surface area contributed by atoms with Crippen LogP contribution in [0.3, 0.4) is 0 Å². The number of amides is 2. The summed E-state index contributed by atoms with van der Waals surface area (Å²) in [5.74, 6) is 0.354. The molecular formula is C44H50N2O5. The van der Waals surface area contributed by atoms with Gasteiger partial charge in [-0.25, -0.2) is 0 Å². The van der Waals surface area contributed by atoms with E-state index in [0.717, 1.165) is 64.8 Å². The van der Waals surface area contributed by atoms with Crippen molar-refractivity contribution in [3.05, 3.63) is 149 Å². The average molecular weight is 687 g/mol. The summed E-state index contributed by atoms with van der Waals surface area (Å²) in [6, 6.07) is 35.5. The maximum Gasteiger partial charge on any atom is 0.224 e. The Balaban J connectivity index is 1.17. The van der Waals surface area contributed by atoms with E-state index in [2.05, 4.69) is 10.6 Å². The van der Waals surface area contributed by atoms with Crippen LogP contribution in [-0.4, -0.2) is 40.3 Å². The van der Waals surface area contributed by atoms with Crippen LogP contribution in [0.5, 0.6) is 5.75 Å². The first-order valence-corrected chi connectivity index (χ1v) is 18.4. The molecule has 0 radical (unpaired) electrons. The third kappa shape index (κ3) is 10.6. The molecule has 4 atom stereocenters. The van der Waals surface area contributed by atoms with E-state index >= 15 is 0 Å². The summed E-state index contributed by atoms with van der Waals surface area (Å²) in [6.07, 6.45) is 6.95. The maximum atomic E-state index is 13.7. The minimum Gasteiger partial charge on any atom is -0.489 e. The van der Waals surface area contributed by atoms with Crippen molar-refractivity contribution in [3.63, 3.8) is 0 Å². The lowest BCUT2D eigenvalue weighted by molar-refractivity contribution is -0.123. The zero-order chi connectivity index (χ0) is 35.4. The number of hydrogen-bond donors (Lipinski definition) is 4. The van der Waals surface area contributed by atoms with Crippen molar-refractivity contribution >= 4 is 11.8 Å². The van der Waals surface area contributed by atoms with E-state index in [1.54, 1.807) is 0 Å². The van der Waals surface area contributed by atoms with Gasteiger partial charge in [0.2, 0.25) is 11.8 Å². The molecule has 51 heavy (non-hydrogen) atoms. The Morgan fingerprint density at radius 3 is 2.18 bits per heavy atom. The lowest BCUT2D eigenvalue weighted by Gasteiger charge is -2.24. The Hall–Kier alpha value is -4.72. The summed E-state index contributed by atoms with van der Waals surface area (Å²) in [7, 11) is 0. The molecule has 2 amide bonds. The van der Waals surface area contributed by atoms with Crippen LogP contribution in [0.4, 0.5) is 0 Å². The quantitative estimate of drug-likeness (QED) is 0.0954. The summed E-state index contributed by atoms with van der Waals surface area (Å²) in [6.45, 7) is 0.473. The van der Waals surface area contributed by atoms with Crippen molar-refractivity contribution in [2.24, 2.45) is 5.92 Å². The predicted octanol–water partition coefficient (Wildman–Crippen LogP) is 6.96. The molecule has 0 unspecified atom stereocenters. The zero-order valence-corrected chi connectivity index (χ0v) is 29.3. The van der Waals surface area contributed by atoms with E-state index in [9.17, 15) is 19.8 Å². The number of carbonyl (C=O) groups is 2. The fraction of sp³-hybridized carbons (Fsp3) is 0.364. The van der Waals surface area contributed by atoms with Crippen LogP contribution in [0.15, 0.2) is 121 Å². The van der Waals surface area contributed by atoms with Crippen LogP contribution < -0.4 is 15.4 Å². The summed E-state index contributed by atoms with van der Waals surface area (Å²) < 4.78 is 6.00. The third-order valence-electron chi connectivity index (χ3n) is 10.2. The number of carbonyl (C=O) groups excluding carboxylic acids is 2. The van der Waals surface area contributed by atoms with Gasteiger partial charge < -0.3 is 25.6 Å². The van der Waals surface area contributed by atoms with Crippen LogP contribution in [0, 0.1) is 5.92 Å². The van der Waals surface area contributed by atoms with Crippen molar-refractivity contribution in [2.75, 3.05) is 0 Å². The van der Waals surface area contributed by atoms with Crippen LogP contribution in [0.1, 0.15) is 78.8 Å². The monoisotopic (exact) mass is 686 g/mol. The molecule has 0 saturated heterocycles. The SMILES string of the molecule is O=C(C/C=C(\Cc1ccccc1)[C@@H](O)C[C@H](CC(=O)N[C@H]1c2ccccc2C[C@H]1O)Cc1ccc(OCc2ccccc2)cc1)NC1CCCC1. The molecule has 2 aliphatic carbocycles. The fourth-order valence-electron chi connectivity index (χ4n) is 7.48. The molecule has 7 nitrogen and oxygen atoms in total. The topological polar surface area (TPSA) is 108 Å². The highest BCUT2D eigenvalue weighted by Gasteiger charge is 2.32. The molecule has 0 spiro atoms. The standard InChI is InChI=1S/C44H50N2O5/c47-40(36(26-31-11-3-1-4-12-31)21-24-42(49)45-37-16-8-9-17-37)27-34(28-43(50)46-44-39-18-10-7-15-35(39)29-41(44)48)25-32-19-22-38(23-20-32)51-30-33-13-5-2-6-14-33/h1-7,10-15,18-23,34,37,40-41,44,47-48H,8-9,16-17,24-30H2,(H,45,49)(H,46,50)/b36-21+/t34-,40+,41-,44+/m1/s1. The summed E-state index contributed by atoms with van der Waals surface area (Å²) >= 11 is 0. The van der Waals surface area contributed by atoms with Gasteiger partial charge in [-0.2, -0.15) is 0 Å². The second-order valence-corrected chi connectivity index (χ2v) is 14.2. The van der Waals surface area contributed by atoms with Gasteiger partial charge in [0.25, 0.3) is 0 Å². The molecule has 0 bridgehead atoms. The van der Waals surface area contributed by atoms with Gasteiger partial charge in [0.1, 0.15) is 12.4 Å². The zero-order valence-electron chi connectivity index (χ0n) is 29.3. The second kappa shape index (κ2) is 18.0. The van der Waals surface area contributed by atoms with Crippen molar-refractivity contribution in [1.29, 1.82) is 0 Å². The van der Waals surface area contributed by atoms with Gasteiger partial charge in [0.15, 0.2) is 0 Å². The van der Waals surface area contributed by atoms with Crippen LogP contribution >= 0.6 is 0 Å². The smallest absolute Gasteiger partial charge is 0.224 e. The molecular weight excluding hydrogens is 636 g/mol. The van der Waals surface area contributed by atoms with E-state index in [1.165, 1.54) is 0 Å². The Bertz CT molecular complexity index is 1730. The predicted molar refractivity (Wildman–Crippen MR) is 200 cm³/mol. The number of hydrogen-bond acceptors (Lipinski definition) is 5. The van der Waals surface area contributed by atoms with Crippen LogP contribution in [-0.2, 0) is 35.5 Å². The Labute approximate surface area is 301 Å². The Kier molecular flexibility index (Phi) is 12.7. The maximum absolute atomic E-state index is 13.7. The normalized spacial score (nSPS) is 18.5. The Morgan fingerprint density at radius 1 is 0.784 bits per heavy atom. The van der Waals surface area contributed by atoms with E-state index < -0.39 is 18.2 Å². The highest BCUT2D eigenvalue weighted by molar-refractivity contribution is 5.78. The van der Waals surface area contributed by atoms with E-state index in [1.807, 2.05) is 115 Å². The van der Waals surface area contributed by atoms with Crippen molar-refractivity contribution in [2.45, 2.75) is 95.1 Å². The molecule has 0 heterocycles. The molecule has 4 aromatic carbocycles. The molecule has 2 aliphatic rings. The minimum absolute atomic E-state index is 0.0273. The van der Waals surface area contributed by atoms with Crippen LogP contribution in [0.2, 0.25) is 0 Å². The summed E-state index contributed by atoms with van der Waals surface area (Å²) in [4.78, 5) is 26.6. The highest BCUT2D eigenvalue weighted by atomic mass is 16.5. The van der Waals surface area contributed by atoms with Gasteiger partial charge in [-0.3, -0.25) is 9.59 Å². The van der Waals surface area contributed by atoms with Gasteiger partial charge in [-0.1, -0.05) is 116 Å². The van der Waals surface area contributed by atoms with Gasteiger partial charge >= 0.3 is 0 Å². The Morgan fingerprint density at radius 2 is 1.45 bits per heavy atom. The first-order chi connectivity index (χ1) is 24.9. The molecule has 0 aromatic heterocycles. The average Bonchev–Trinajstić information content (AvgIpc) is 3.77. The molecule has 7 heteroatoms. The van der Waals surface area contributed by atoms with E-state index in [4.69, 9.17) is 4.74 Å². The number of aliphatic hydroxyl groups excluding tert-OH is 2. The molecule has 1 fully saturated rings. The highest BCUT2D eigenvalue weighted by Crippen LogP contribution is 2.32. The summed E-state index contributed by atoms with van der Waals surface area (Å²) in [5, 5.41) is 28.9. The third-order valence-corrected chi connectivity index (χ3v) is 10.2. The number of fused-ring (bicyclic) bond motifs is 1. The number of aliphatic hydroxyl groups is 2. The first-order valence-electron chi connectivity index (χ1n) is 18.4. The first kappa shape index (κ1) is 36.1. The number of ether oxygens (including phenoxy) is 1. The molecule has 0 aliphatic heterocycles. The minimum atomic E-state index is -0.853. The van der Waals surface area contributed by atoms with Crippen molar-refractivity contribution in [3.8, 4) is 5.75 Å². The molecule has 4 N–H and O–H groups in total. The van der Waals surface area contributed by atoms with Gasteiger partial charge in [-0.05, 0) is 83.5 Å². The van der Waals surface area contributed by atoms with Gasteiger partial charge in [-0.15, -0.1) is 0 Å². The largest absolute Gasteiger partial charge is 0.489 e. The summed E-state index contributed by atoms with van der Waals surface area (Å²) in [5.41, 5.74) is 5.94. The number of nitrogens with one attached hydrogen (secondary N) is 2. The van der Waals surface area contributed by atoms with Crippen LogP contribution in [0.25, 0.3) is 0 Å². The molecule has 1 saturated carbocycles. The molecule has 266 valence electrons. The van der Waals surface area contributed by atoms with Crippen molar-refractivity contribution < 1.29 is 24.5 Å². The molecule has 6 rings (SSSR count). The van der Waals surface area contributed by atoms with E-state index in [-0.39, 0.29) is 36.6 Å². The lowest BCUT2D eigenvalue weighted by atomic mass is 9.86. The lowest BCUT2D eigenvalue weighted by Crippen LogP contribution is -2.35. The van der Waals surface area contributed by atoms with Crippen molar-refractivity contribution in [1.82, 2.24) is 10.6 Å². The second-order valence-electron chi connectivity index (χ2n) is 14.2. The van der Waals surface area contributed by atoms with Gasteiger partial charge in [0, 0.05) is 25.3 Å². The number of rotatable bonds is 16. The fourth-order valence-corrected chi connectivity index (χ4v) is 7.48. The molecule has 4 aromatic rings. The van der Waals surface area contributed by atoms with E-state index in [0.29, 0.717) is 32.3 Å². The number of benzene rings is 4. The van der Waals surface area contributed by atoms with Gasteiger partial charge in [0.05, 0.1) is 18.2 Å².